The quantitative estimate of drug-likeness (QED) is 0.901. The van der Waals surface area contributed by atoms with Crippen molar-refractivity contribution >= 4 is 23.3 Å². The molecule has 2 rings (SSSR count). The maximum atomic E-state index is 12.2. The number of methoxy groups -OCH3 is 1. The number of nitrogens with one attached hydrogen (secondary N) is 1. The van der Waals surface area contributed by atoms with Gasteiger partial charge in [-0.15, -0.1) is 0 Å². The summed E-state index contributed by atoms with van der Waals surface area (Å²) in [5.41, 5.74) is 0.542. The molecule has 1 aromatic carbocycles. The zero-order chi connectivity index (χ0) is 14.5. The van der Waals surface area contributed by atoms with Crippen molar-refractivity contribution < 1.29 is 14.6 Å². The van der Waals surface area contributed by atoms with Gasteiger partial charge in [-0.25, -0.2) is 4.79 Å². The normalized spacial score (nSPS) is 16.1. The van der Waals surface area contributed by atoms with E-state index in [0.29, 0.717) is 35.5 Å². The van der Waals surface area contributed by atoms with Crippen molar-refractivity contribution in [2.24, 2.45) is 5.92 Å². The minimum Gasteiger partial charge on any atom is -0.497 e. The molecule has 1 saturated heterocycles. The van der Waals surface area contributed by atoms with Crippen molar-refractivity contribution in [2.75, 3.05) is 32.1 Å². The molecule has 20 heavy (non-hydrogen) atoms. The van der Waals surface area contributed by atoms with Gasteiger partial charge in [0.05, 0.1) is 17.8 Å². The molecule has 0 unspecified atom stereocenters. The number of likely N-dealkylation sites (tertiary alicyclic amines) is 1. The molecular formula is C14H19ClN2O3. The molecular weight excluding hydrogens is 280 g/mol. The van der Waals surface area contributed by atoms with E-state index >= 15 is 0 Å². The Balaban J connectivity index is 1.98. The highest BCUT2D eigenvalue weighted by molar-refractivity contribution is 6.33. The molecule has 0 aliphatic carbocycles. The second kappa shape index (κ2) is 6.81. The van der Waals surface area contributed by atoms with Crippen LogP contribution < -0.4 is 10.1 Å². The molecule has 0 saturated carbocycles. The second-order valence-electron chi connectivity index (χ2n) is 4.89. The number of rotatable bonds is 3. The first-order chi connectivity index (χ1) is 9.63. The number of urea groups is 1. The van der Waals surface area contributed by atoms with Gasteiger partial charge < -0.3 is 20.1 Å². The van der Waals surface area contributed by atoms with E-state index in [0.717, 1.165) is 12.8 Å². The Morgan fingerprint density at radius 2 is 2.20 bits per heavy atom. The SMILES string of the molecule is COc1ccc(Cl)c(NC(=O)N2CCC(CO)CC2)c1. The van der Waals surface area contributed by atoms with Gasteiger partial charge in [-0.2, -0.15) is 0 Å². The third-order valence-electron chi connectivity index (χ3n) is 3.58. The summed E-state index contributed by atoms with van der Waals surface area (Å²) in [7, 11) is 1.56. The van der Waals surface area contributed by atoms with Gasteiger partial charge in [0.2, 0.25) is 0 Å². The largest absolute Gasteiger partial charge is 0.497 e. The smallest absolute Gasteiger partial charge is 0.321 e. The van der Waals surface area contributed by atoms with Gasteiger partial charge >= 0.3 is 6.03 Å². The highest BCUT2D eigenvalue weighted by Gasteiger charge is 2.22. The molecule has 1 fully saturated rings. The number of anilines is 1. The lowest BCUT2D eigenvalue weighted by atomic mass is 9.98. The second-order valence-corrected chi connectivity index (χ2v) is 5.30. The van der Waals surface area contributed by atoms with Crippen LogP contribution in [0.25, 0.3) is 0 Å². The molecule has 0 bridgehead atoms. The van der Waals surface area contributed by atoms with Crippen molar-refractivity contribution in [2.45, 2.75) is 12.8 Å². The number of piperidine rings is 1. The van der Waals surface area contributed by atoms with Crippen molar-refractivity contribution in [1.82, 2.24) is 4.90 Å². The van der Waals surface area contributed by atoms with E-state index in [1.165, 1.54) is 0 Å². The van der Waals surface area contributed by atoms with E-state index in [2.05, 4.69) is 5.32 Å². The highest BCUT2D eigenvalue weighted by atomic mass is 35.5. The molecule has 2 N–H and O–H groups in total. The molecule has 1 heterocycles. The van der Waals surface area contributed by atoms with Crippen molar-refractivity contribution in [3.05, 3.63) is 23.2 Å². The number of hydrogen-bond acceptors (Lipinski definition) is 3. The molecule has 6 heteroatoms. The number of aliphatic hydroxyl groups excluding tert-OH is 1. The van der Waals surface area contributed by atoms with E-state index in [4.69, 9.17) is 21.4 Å². The molecule has 1 aliphatic rings. The topological polar surface area (TPSA) is 61.8 Å². The molecule has 0 aromatic heterocycles. The van der Waals surface area contributed by atoms with Gasteiger partial charge in [-0.1, -0.05) is 11.6 Å². The standard InChI is InChI=1S/C14H19ClN2O3/c1-20-11-2-3-12(15)13(8-11)16-14(19)17-6-4-10(9-18)5-7-17/h2-3,8,10,18H,4-7,9H2,1H3,(H,16,19). The Labute approximate surface area is 123 Å². The summed E-state index contributed by atoms with van der Waals surface area (Å²) in [5, 5.41) is 12.4. The fourth-order valence-electron chi connectivity index (χ4n) is 2.24. The van der Waals surface area contributed by atoms with Gasteiger partial charge in [-0.3, -0.25) is 0 Å². The Hall–Kier alpha value is -1.46. The summed E-state index contributed by atoms with van der Waals surface area (Å²) in [5.74, 6) is 0.947. The van der Waals surface area contributed by atoms with Crippen LogP contribution in [0.4, 0.5) is 10.5 Å². The molecule has 2 amide bonds. The summed E-state index contributed by atoms with van der Waals surface area (Å²) in [6.07, 6.45) is 1.66. The van der Waals surface area contributed by atoms with E-state index in [1.54, 1.807) is 30.2 Å². The maximum absolute atomic E-state index is 12.2. The summed E-state index contributed by atoms with van der Waals surface area (Å²) in [4.78, 5) is 13.9. The number of benzene rings is 1. The van der Waals surface area contributed by atoms with Crippen molar-refractivity contribution in [3.8, 4) is 5.75 Å². The number of hydrogen-bond donors (Lipinski definition) is 2. The molecule has 1 aliphatic heterocycles. The van der Waals surface area contributed by atoms with Crippen molar-refractivity contribution in [1.29, 1.82) is 0 Å². The van der Waals surface area contributed by atoms with Gasteiger partial charge in [-0.05, 0) is 30.9 Å². The maximum Gasteiger partial charge on any atom is 0.321 e. The van der Waals surface area contributed by atoms with E-state index < -0.39 is 0 Å². The summed E-state index contributed by atoms with van der Waals surface area (Å²) < 4.78 is 5.11. The number of carbonyl (C=O) groups is 1. The molecule has 110 valence electrons. The Kier molecular flexibility index (Phi) is 5.09. The predicted molar refractivity (Wildman–Crippen MR) is 78.4 cm³/mol. The van der Waals surface area contributed by atoms with Gasteiger partial charge in [0, 0.05) is 25.8 Å². The summed E-state index contributed by atoms with van der Waals surface area (Å²) in [6, 6.07) is 4.95. The number of ether oxygens (including phenoxy) is 1. The fraction of sp³-hybridized carbons (Fsp3) is 0.500. The van der Waals surface area contributed by atoms with Crippen LogP contribution in [-0.4, -0.2) is 42.8 Å². The summed E-state index contributed by atoms with van der Waals surface area (Å²) >= 11 is 6.06. The van der Waals surface area contributed by atoms with Crippen LogP contribution in [0.3, 0.4) is 0 Å². The minimum atomic E-state index is -0.170. The summed E-state index contributed by atoms with van der Waals surface area (Å²) in [6.45, 7) is 1.49. The van der Waals surface area contributed by atoms with Gasteiger partial charge in [0.25, 0.3) is 0 Å². The predicted octanol–water partition coefficient (Wildman–Crippen LogP) is 2.58. The zero-order valence-corrected chi connectivity index (χ0v) is 12.2. The molecule has 0 radical (unpaired) electrons. The first-order valence-corrected chi connectivity index (χ1v) is 7.02. The first kappa shape index (κ1) is 14.9. The molecule has 0 atom stereocenters. The monoisotopic (exact) mass is 298 g/mol. The fourth-order valence-corrected chi connectivity index (χ4v) is 2.40. The van der Waals surface area contributed by atoms with Crippen LogP contribution in [0.1, 0.15) is 12.8 Å². The van der Waals surface area contributed by atoms with Crippen LogP contribution >= 0.6 is 11.6 Å². The molecule has 5 nitrogen and oxygen atoms in total. The van der Waals surface area contributed by atoms with E-state index in [-0.39, 0.29) is 12.6 Å². The lowest BCUT2D eigenvalue weighted by molar-refractivity contribution is 0.143. The highest BCUT2D eigenvalue weighted by Crippen LogP contribution is 2.27. The third kappa shape index (κ3) is 3.55. The van der Waals surface area contributed by atoms with Gasteiger partial charge in [0.1, 0.15) is 5.75 Å². The number of amides is 2. The zero-order valence-electron chi connectivity index (χ0n) is 11.4. The Morgan fingerprint density at radius 3 is 2.80 bits per heavy atom. The number of halogens is 1. The third-order valence-corrected chi connectivity index (χ3v) is 3.90. The average molecular weight is 299 g/mol. The number of aliphatic hydroxyl groups is 1. The van der Waals surface area contributed by atoms with E-state index in [9.17, 15) is 4.79 Å². The van der Waals surface area contributed by atoms with E-state index in [1.807, 2.05) is 0 Å². The van der Waals surface area contributed by atoms with Crippen LogP contribution in [0, 0.1) is 5.92 Å². The Morgan fingerprint density at radius 1 is 1.50 bits per heavy atom. The van der Waals surface area contributed by atoms with Crippen LogP contribution in [0.15, 0.2) is 18.2 Å². The molecule has 1 aromatic rings. The van der Waals surface area contributed by atoms with Crippen LogP contribution in [0.5, 0.6) is 5.75 Å². The Bertz CT molecular complexity index is 473. The number of carbonyl (C=O) groups excluding carboxylic acids is 1. The van der Waals surface area contributed by atoms with Crippen molar-refractivity contribution in [3.63, 3.8) is 0 Å². The first-order valence-electron chi connectivity index (χ1n) is 6.64. The number of nitrogens with zero attached hydrogens (tertiary/aromatic N) is 1. The average Bonchev–Trinajstić information content (AvgIpc) is 2.49. The van der Waals surface area contributed by atoms with Crippen LogP contribution in [-0.2, 0) is 0 Å². The lowest BCUT2D eigenvalue weighted by Gasteiger charge is -2.31. The lowest BCUT2D eigenvalue weighted by Crippen LogP contribution is -2.41. The van der Waals surface area contributed by atoms with Gasteiger partial charge in [0.15, 0.2) is 0 Å². The minimum absolute atomic E-state index is 0.170. The van der Waals surface area contributed by atoms with Crippen LogP contribution in [0.2, 0.25) is 5.02 Å². The molecule has 0 spiro atoms.